The van der Waals surface area contributed by atoms with E-state index in [0.717, 1.165) is 19.3 Å². The van der Waals surface area contributed by atoms with Crippen molar-refractivity contribution in [2.75, 3.05) is 7.11 Å². The fraction of sp³-hybridized carbons (Fsp3) is 0.750. The van der Waals surface area contributed by atoms with Crippen LogP contribution in [0.3, 0.4) is 0 Å². The molecule has 0 bridgehead atoms. The van der Waals surface area contributed by atoms with E-state index in [4.69, 9.17) is 14.2 Å². The van der Waals surface area contributed by atoms with Gasteiger partial charge in [-0.15, -0.1) is 0 Å². The molecule has 0 radical (unpaired) electrons. The van der Waals surface area contributed by atoms with E-state index in [2.05, 4.69) is 4.74 Å². The predicted molar refractivity (Wildman–Crippen MR) is 76.1 cm³/mol. The molecule has 0 unspecified atom stereocenters. The Labute approximate surface area is 133 Å². The van der Waals surface area contributed by atoms with Gasteiger partial charge in [-0.1, -0.05) is 6.42 Å². The lowest BCUT2D eigenvalue weighted by Gasteiger charge is -2.33. The third kappa shape index (κ3) is 2.99. The van der Waals surface area contributed by atoms with Crippen molar-refractivity contribution >= 4 is 11.9 Å². The van der Waals surface area contributed by atoms with Gasteiger partial charge in [-0.3, -0.25) is 4.79 Å². The van der Waals surface area contributed by atoms with Gasteiger partial charge in [-0.2, -0.15) is 0 Å². The molecule has 0 N–H and O–H groups in total. The molecular formula is C16H21FO6. The normalized spacial score (nSPS) is 35.3. The van der Waals surface area contributed by atoms with Gasteiger partial charge < -0.3 is 18.9 Å². The lowest BCUT2D eigenvalue weighted by atomic mass is 9.90. The number of fused-ring (bicyclic) bond motifs is 1. The highest BCUT2D eigenvalue weighted by Crippen LogP contribution is 2.45. The van der Waals surface area contributed by atoms with Crippen molar-refractivity contribution in [2.24, 2.45) is 0 Å². The van der Waals surface area contributed by atoms with Gasteiger partial charge in [-0.05, 0) is 18.9 Å². The predicted octanol–water partition coefficient (Wildman–Crippen LogP) is 1.81. The van der Waals surface area contributed by atoms with Crippen molar-refractivity contribution in [1.29, 1.82) is 0 Å². The summed E-state index contributed by atoms with van der Waals surface area (Å²) in [4.78, 5) is 23.1. The van der Waals surface area contributed by atoms with Gasteiger partial charge in [0.1, 0.15) is 12.2 Å². The Morgan fingerprint density at radius 3 is 2.57 bits per heavy atom. The molecule has 3 rings (SSSR count). The summed E-state index contributed by atoms with van der Waals surface area (Å²) in [6.07, 6.45) is 1.48. The summed E-state index contributed by atoms with van der Waals surface area (Å²) in [6, 6.07) is 0. The summed E-state index contributed by atoms with van der Waals surface area (Å²) in [6.45, 7) is 1.20. The molecular weight excluding hydrogens is 307 g/mol. The van der Waals surface area contributed by atoms with Crippen molar-refractivity contribution in [3.63, 3.8) is 0 Å². The van der Waals surface area contributed by atoms with Gasteiger partial charge in [-0.25, -0.2) is 9.18 Å². The van der Waals surface area contributed by atoms with Crippen LogP contribution in [-0.4, -0.2) is 49.3 Å². The number of ether oxygens (including phenoxy) is 4. The van der Waals surface area contributed by atoms with Crippen LogP contribution in [-0.2, 0) is 28.5 Å². The third-order valence-electron chi connectivity index (χ3n) is 4.62. The second kappa shape index (κ2) is 6.20. The summed E-state index contributed by atoms with van der Waals surface area (Å²) in [5, 5.41) is 0. The Morgan fingerprint density at radius 1 is 1.26 bits per heavy atom. The van der Waals surface area contributed by atoms with Gasteiger partial charge in [0.05, 0.1) is 12.7 Å². The molecule has 1 saturated heterocycles. The van der Waals surface area contributed by atoms with E-state index in [0.29, 0.717) is 12.8 Å². The van der Waals surface area contributed by atoms with E-state index in [9.17, 15) is 14.0 Å². The standard InChI is InChI=1S/C16H21FO6/c1-9(18)21-14-12(17)10(15(19)20-2)8-11-13(14)23-16(22-11)6-4-3-5-7-16/h8,11-14H,3-7H2,1-2H3/t11-,12+,13-,14-/m1/s1. The number of hydrogen-bond donors (Lipinski definition) is 0. The first-order chi connectivity index (χ1) is 11.0. The number of carbonyl (C=O) groups is 2. The van der Waals surface area contributed by atoms with E-state index >= 15 is 0 Å². The minimum absolute atomic E-state index is 0.184. The van der Waals surface area contributed by atoms with E-state index in [1.165, 1.54) is 20.1 Å². The van der Waals surface area contributed by atoms with Gasteiger partial charge >= 0.3 is 11.9 Å². The Bertz CT molecular complexity index is 525. The molecule has 2 fully saturated rings. The number of esters is 2. The van der Waals surface area contributed by atoms with Crippen LogP contribution in [0.25, 0.3) is 0 Å². The van der Waals surface area contributed by atoms with Crippen LogP contribution >= 0.6 is 0 Å². The van der Waals surface area contributed by atoms with Gasteiger partial charge in [0.25, 0.3) is 0 Å². The smallest absolute Gasteiger partial charge is 0.336 e. The first kappa shape index (κ1) is 16.4. The summed E-state index contributed by atoms with van der Waals surface area (Å²) in [5.41, 5.74) is -0.184. The van der Waals surface area contributed by atoms with Crippen LogP contribution in [0.15, 0.2) is 11.6 Å². The number of methoxy groups -OCH3 is 1. The average molecular weight is 328 g/mol. The first-order valence-electron chi connectivity index (χ1n) is 7.93. The number of halogens is 1. The molecule has 1 heterocycles. The highest BCUT2D eigenvalue weighted by molar-refractivity contribution is 5.90. The third-order valence-corrected chi connectivity index (χ3v) is 4.62. The topological polar surface area (TPSA) is 71.1 Å². The molecule has 128 valence electrons. The second-order valence-electron chi connectivity index (χ2n) is 6.23. The lowest BCUT2D eigenvalue weighted by molar-refractivity contribution is -0.204. The fourth-order valence-corrected chi connectivity index (χ4v) is 3.60. The maximum atomic E-state index is 14.7. The number of rotatable bonds is 2. The molecule has 0 aromatic carbocycles. The quantitative estimate of drug-likeness (QED) is 0.720. The van der Waals surface area contributed by atoms with Crippen molar-refractivity contribution in [3.05, 3.63) is 11.6 Å². The van der Waals surface area contributed by atoms with Crippen LogP contribution in [0, 0.1) is 0 Å². The Kier molecular flexibility index (Phi) is 4.42. The Morgan fingerprint density at radius 2 is 1.96 bits per heavy atom. The van der Waals surface area contributed by atoms with Crippen molar-refractivity contribution < 1.29 is 32.9 Å². The molecule has 0 amide bonds. The van der Waals surface area contributed by atoms with Crippen molar-refractivity contribution in [2.45, 2.75) is 69.3 Å². The lowest BCUT2D eigenvalue weighted by Crippen LogP contribution is -2.49. The van der Waals surface area contributed by atoms with Crippen LogP contribution in [0.1, 0.15) is 39.0 Å². The van der Waals surface area contributed by atoms with Crippen LogP contribution in [0.4, 0.5) is 4.39 Å². The molecule has 1 spiro atoms. The van der Waals surface area contributed by atoms with E-state index in [1.807, 2.05) is 0 Å². The minimum atomic E-state index is -1.80. The van der Waals surface area contributed by atoms with Crippen LogP contribution in [0.2, 0.25) is 0 Å². The van der Waals surface area contributed by atoms with Gasteiger partial charge in [0.15, 0.2) is 18.1 Å². The maximum Gasteiger partial charge on any atom is 0.336 e. The Balaban J connectivity index is 1.90. The zero-order valence-electron chi connectivity index (χ0n) is 13.2. The van der Waals surface area contributed by atoms with Crippen LogP contribution in [0.5, 0.6) is 0 Å². The van der Waals surface area contributed by atoms with E-state index in [-0.39, 0.29) is 5.57 Å². The summed E-state index contributed by atoms with van der Waals surface area (Å²) < 4.78 is 36.5. The largest absolute Gasteiger partial charge is 0.466 e. The van der Waals surface area contributed by atoms with Gasteiger partial charge in [0, 0.05) is 19.8 Å². The van der Waals surface area contributed by atoms with Crippen molar-refractivity contribution in [3.8, 4) is 0 Å². The molecule has 7 heteroatoms. The SMILES string of the molecule is COC(=O)C1=C[C@H]2OC3(CCCCC3)O[C@H]2[C@H](OC(C)=O)[C@H]1F. The zero-order valence-corrected chi connectivity index (χ0v) is 13.2. The zero-order chi connectivity index (χ0) is 16.6. The minimum Gasteiger partial charge on any atom is -0.466 e. The molecule has 2 aliphatic carbocycles. The molecule has 3 aliphatic rings. The van der Waals surface area contributed by atoms with E-state index < -0.39 is 42.2 Å². The summed E-state index contributed by atoms with van der Waals surface area (Å²) >= 11 is 0. The monoisotopic (exact) mass is 328 g/mol. The van der Waals surface area contributed by atoms with Gasteiger partial charge in [0.2, 0.25) is 0 Å². The summed E-state index contributed by atoms with van der Waals surface area (Å²) in [7, 11) is 1.18. The molecule has 6 nitrogen and oxygen atoms in total. The van der Waals surface area contributed by atoms with E-state index in [1.54, 1.807) is 0 Å². The molecule has 23 heavy (non-hydrogen) atoms. The summed E-state index contributed by atoms with van der Waals surface area (Å²) in [5.74, 6) is -2.19. The van der Waals surface area contributed by atoms with Crippen molar-refractivity contribution in [1.82, 2.24) is 0 Å². The number of alkyl halides is 1. The molecule has 4 atom stereocenters. The molecule has 0 aromatic rings. The highest BCUT2D eigenvalue weighted by atomic mass is 19.1. The molecule has 1 saturated carbocycles. The maximum absolute atomic E-state index is 14.7. The molecule has 1 aliphatic heterocycles. The molecule has 0 aromatic heterocycles. The Hall–Kier alpha value is -1.47. The van der Waals surface area contributed by atoms with Crippen LogP contribution < -0.4 is 0 Å². The second-order valence-corrected chi connectivity index (χ2v) is 6.23. The highest BCUT2D eigenvalue weighted by Gasteiger charge is 2.56. The first-order valence-corrected chi connectivity index (χ1v) is 7.93. The number of hydrogen-bond acceptors (Lipinski definition) is 6. The average Bonchev–Trinajstić information content (AvgIpc) is 2.87. The number of carbonyl (C=O) groups excluding carboxylic acids is 2. The fourth-order valence-electron chi connectivity index (χ4n) is 3.60.